The van der Waals surface area contributed by atoms with Crippen molar-refractivity contribution >= 4 is 35.6 Å². The minimum absolute atomic E-state index is 0. The van der Waals surface area contributed by atoms with E-state index in [1.807, 2.05) is 25.3 Å². The Kier molecular flexibility index (Phi) is 14.8. The van der Waals surface area contributed by atoms with Gasteiger partial charge in [0.2, 0.25) is 5.95 Å². The van der Waals surface area contributed by atoms with Crippen LogP contribution in [0.5, 0.6) is 11.6 Å². The predicted octanol–water partition coefficient (Wildman–Crippen LogP) is 5.64. The van der Waals surface area contributed by atoms with Gasteiger partial charge in [0.25, 0.3) is 5.88 Å². The number of tetrazole rings is 1. The number of ether oxygens (including phenoxy) is 5. The molecule has 6 rings (SSSR count). The highest BCUT2D eigenvalue weighted by Gasteiger charge is 2.32. The van der Waals surface area contributed by atoms with Gasteiger partial charge in [-0.05, 0) is 74.6 Å². The lowest BCUT2D eigenvalue weighted by Gasteiger charge is -2.42. The van der Waals surface area contributed by atoms with Crippen LogP contribution in [0.3, 0.4) is 0 Å². The molecule has 1 saturated heterocycles. The number of methoxy groups -OCH3 is 1. The summed E-state index contributed by atoms with van der Waals surface area (Å²) in [7, 11) is 1.66. The topological polar surface area (TPSA) is 149 Å². The smallest absolute Gasteiger partial charge is 0.256 e. The third-order valence-electron chi connectivity index (χ3n) is 9.13. The SMILES string of the molecule is COCCOCCCOc1nn(C2CCC(N3C[C@@H](C)O[C@@H](C)C3)CC2)cc1Nc1ncc(-c2ccc(Cl)c(OC(C)Cn3cnnn3)c2)cn1.Cl. The Morgan fingerprint density at radius 2 is 1.73 bits per heavy atom. The lowest BCUT2D eigenvalue weighted by molar-refractivity contribution is -0.0852. The van der Waals surface area contributed by atoms with Gasteiger partial charge in [-0.25, -0.2) is 14.6 Å². The van der Waals surface area contributed by atoms with Crippen molar-refractivity contribution in [2.75, 3.05) is 51.9 Å². The van der Waals surface area contributed by atoms with E-state index >= 15 is 0 Å². The molecule has 2 fully saturated rings. The Bertz CT molecular complexity index is 1630. The average molecular weight is 762 g/mol. The van der Waals surface area contributed by atoms with E-state index in [2.05, 4.69) is 54.2 Å². The van der Waals surface area contributed by atoms with Crippen LogP contribution in [0, 0.1) is 0 Å². The molecule has 1 N–H and O–H groups in total. The Hall–Kier alpha value is -3.60. The van der Waals surface area contributed by atoms with Crippen LogP contribution in [-0.4, -0.2) is 116 Å². The minimum Gasteiger partial charge on any atom is -0.487 e. The third kappa shape index (κ3) is 11.0. The summed E-state index contributed by atoms with van der Waals surface area (Å²) in [4.78, 5) is 11.9. The first-order valence-corrected chi connectivity index (χ1v) is 18.2. The zero-order valence-corrected chi connectivity index (χ0v) is 31.8. The van der Waals surface area contributed by atoms with E-state index in [0.717, 1.165) is 62.0 Å². The summed E-state index contributed by atoms with van der Waals surface area (Å²) in [6.07, 6.45) is 12.5. The number of nitrogens with zero attached hydrogens (tertiary/aromatic N) is 9. The maximum absolute atomic E-state index is 6.47. The molecule has 0 amide bonds. The van der Waals surface area contributed by atoms with E-state index in [1.165, 1.54) is 0 Å². The second kappa shape index (κ2) is 19.5. The highest BCUT2D eigenvalue weighted by atomic mass is 35.5. The van der Waals surface area contributed by atoms with Gasteiger partial charge in [-0.2, -0.15) is 0 Å². The Balaban J connectivity index is 0.00000523. The molecule has 284 valence electrons. The van der Waals surface area contributed by atoms with Crippen molar-refractivity contribution in [2.45, 2.75) is 89.8 Å². The molecule has 3 aromatic heterocycles. The summed E-state index contributed by atoms with van der Waals surface area (Å²) < 4.78 is 32.6. The van der Waals surface area contributed by atoms with Crippen LogP contribution in [0.4, 0.5) is 11.6 Å². The van der Waals surface area contributed by atoms with Crippen molar-refractivity contribution in [3.05, 3.63) is 48.1 Å². The molecule has 15 nitrogen and oxygen atoms in total. The molecule has 0 bridgehead atoms. The average Bonchev–Trinajstić information content (AvgIpc) is 3.79. The lowest BCUT2D eigenvalue weighted by Crippen LogP contribution is -2.51. The quantitative estimate of drug-likeness (QED) is 0.133. The number of anilines is 2. The maximum atomic E-state index is 6.47. The molecule has 1 saturated carbocycles. The molecule has 3 atom stereocenters. The Morgan fingerprint density at radius 3 is 2.44 bits per heavy atom. The third-order valence-corrected chi connectivity index (χ3v) is 9.45. The van der Waals surface area contributed by atoms with E-state index in [-0.39, 0.29) is 36.8 Å². The summed E-state index contributed by atoms with van der Waals surface area (Å²) in [5, 5.41) is 20.0. The van der Waals surface area contributed by atoms with Gasteiger partial charge >= 0.3 is 0 Å². The van der Waals surface area contributed by atoms with Gasteiger partial charge in [-0.3, -0.25) is 9.58 Å². The van der Waals surface area contributed by atoms with Gasteiger partial charge in [0, 0.05) is 57.2 Å². The summed E-state index contributed by atoms with van der Waals surface area (Å²) >= 11 is 6.47. The minimum atomic E-state index is -0.211. The van der Waals surface area contributed by atoms with Crippen LogP contribution >= 0.6 is 24.0 Å². The zero-order chi connectivity index (χ0) is 35.6. The number of benzene rings is 1. The van der Waals surface area contributed by atoms with Crippen LogP contribution in [0.2, 0.25) is 5.02 Å². The molecular weight excluding hydrogens is 711 g/mol. The molecule has 0 radical (unpaired) electrons. The van der Waals surface area contributed by atoms with Crippen LogP contribution in [0.15, 0.2) is 43.1 Å². The molecule has 1 aliphatic carbocycles. The second-order valence-electron chi connectivity index (χ2n) is 13.3. The number of aromatic nitrogens is 8. The lowest BCUT2D eigenvalue weighted by atomic mass is 9.89. The van der Waals surface area contributed by atoms with Crippen LogP contribution in [0.25, 0.3) is 11.1 Å². The first-order chi connectivity index (χ1) is 24.8. The van der Waals surface area contributed by atoms with E-state index in [4.69, 9.17) is 40.4 Å². The summed E-state index contributed by atoms with van der Waals surface area (Å²) in [5.74, 6) is 1.51. The van der Waals surface area contributed by atoms with Gasteiger partial charge in [-0.1, -0.05) is 17.7 Å². The number of rotatable bonds is 17. The number of nitrogens with one attached hydrogen (secondary N) is 1. The highest BCUT2D eigenvalue weighted by Crippen LogP contribution is 2.36. The molecule has 1 unspecified atom stereocenters. The van der Waals surface area contributed by atoms with Gasteiger partial charge in [0.05, 0.1) is 55.8 Å². The van der Waals surface area contributed by atoms with Crippen molar-refractivity contribution in [2.24, 2.45) is 0 Å². The number of halogens is 2. The number of morpholine rings is 1. The van der Waals surface area contributed by atoms with Crippen molar-refractivity contribution in [1.82, 2.24) is 44.9 Å². The standard InChI is InChI=1S/C35H49ClN10O5.ClH/c1-24-19-44(20-25(2)50-24)29-7-9-30(10-8-29)46-22-32(34(41-46)49-13-5-12-48-15-14-47-4)40-35-37-17-28(18-38-35)27-6-11-31(36)33(16-27)51-26(3)21-45-23-39-42-43-45;/h6,11,16-18,22-26,29-30H,5,7-10,12-15,19-21H2,1-4H3,(H,37,38,40);1H/t24-,25+,26?,29?,30?;. The number of hydrogen-bond donors (Lipinski definition) is 1. The largest absolute Gasteiger partial charge is 0.487 e. The van der Waals surface area contributed by atoms with E-state index in [1.54, 1.807) is 36.6 Å². The monoisotopic (exact) mass is 760 g/mol. The van der Waals surface area contributed by atoms with E-state index in [9.17, 15) is 0 Å². The van der Waals surface area contributed by atoms with Crippen molar-refractivity contribution in [1.29, 1.82) is 0 Å². The molecule has 0 spiro atoms. The second-order valence-corrected chi connectivity index (χ2v) is 13.7. The molecule has 52 heavy (non-hydrogen) atoms. The summed E-state index contributed by atoms with van der Waals surface area (Å²) in [6, 6.07) is 6.46. The van der Waals surface area contributed by atoms with Crippen LogP contribution in [-0.2, 0) is 20.8 Å². The van der Waals surface area contributed by atoms with Gasteiger partial charge in [0.1, 0.15) is 23.9 Å². The molecular formula is C35H50Cl2N10O5. The molecule has 2 aliphatic rings. The fourth-order valence-electron chi connectivity index (χ4n) is 6.75. The Labute approximate surface area is 316 Å². The maximum Gasteiger partial charge on any atom is 0.256 e. The molecule has 1 aromatic carbocycles. The predicted molar refractivity (Wildman–Crippen MR) is 199 cm³/mol. The van der Waals surface area contributed by atoms with Gasteiger partial charge < -0.3 is 29.0 Å². The van der Waals surface area contributed by atoms with E-state index in [0.29, 0.717) is 61.6 Å². The normalized spacial score (nSPS) is 21.3. The molecule has 1 aliphatic heterocycles. The fourth-order valence-corrected chi connectivity index (χ4v) is 6.91. The number of hydrogen-bond acceptors (Lipinski definition) is 13. The molecule has 4 aromatic rings. The van der Waals surface area contributed by atoms with E-state index < -0.39 is 0 Å². The first kappa shape index (κ1) is 39.6. The van der Waals surface area contributed by atoms with Gasteiger partial charge in [-0.15, -0.1) is 22.6 Å². The van der Waals surface area contributed by atoms with Crippen LogP contribution in [0.1, 0.15) is 58.9 Å². The molecule has 17 heteroatoms. The van der Waals surface area contributed by atoms with Crippen molar-refractivity contribution in [3.8, 4) is 22.8 Å². The zero-order valence-electron chi connectivity index (χ0n) is 30.3. The molecule has 4 heterocycles. The fraction of sp³-hybridized carbons (Fsp3) is 0.600. The summed E-state index contributed by atoms with van der Waals surface area (Å²) in [5.41, 5.74) is 2.41. The van der Waals surface area contributed by atoms with Crippen molar-refractivity contribution in [3.63, 3.8) is 0 Å². The summed E-state index contributed by atoms with van der Waals surface area (Å²) in [6.45, 7) is 10.9. The first-order valence-electron chi connectivity index (χ1n) is 17.8. The Morgan fingerprint density at radius 1 is 0.981 bits per heavy atom. The highest BCUT2D eigenvalue weighted by molar-refractivity contribution is 6.32. The van der Waals surface area contributed by atoms with Crippen molar-refractivity contribution < 1.29 is 23.7 Å². The van der Waals surface area contributed by atoms with Crippen LogP contribution < -0.4 is 14.8 Å². The van der Waals surface area contributed by atoms with Gasteiger partial charge in [0.15, 0.2) is 0 Å².